The van der Waals surface area contributed by atoms with E-state index < -0.39 is 23.3 Å². The summed E-state index contributed by atoms with van der Waals surface area (Å²) in [5.41, 5.74) is -1.39. The third-order valence-electron chi connectivity index (χ3n) is 4.61. The van der Waals surface area contributed by atoms with Crippen molar-refractivity contribution < 1.29 is 18.0 Å². The van der Waals surface area contributed by atoms with Gasteiger partial charge in [0.05, 0.1) is 23.1 Å². The Morgan fingerprint density at radius 2 is 2.04 bits per heavy atom. The molecule has 2 aromatic rings. The second-order valence-corrected chi connectivity index (χ2v) is 7.07. The maximum atomic E-state index is 12.9. The first-order valence-corrected chi connectivity index (χ1v) is 8.92. The molecular formula is C18H18ClF3N4O2. The lowest BCUT2D eigenvalue weighted by molar-refractivity contribution is -0.137. The van der Waals surface area contributed by atoms with Crippen molar-refractivity contribution in [3.05, 3.63) is 51.4 Å². The summed E-state index contributed by atoms with van der Waals surface area (Å²) < 4.78 is 39.6. The van der Waals surface area contributed by atoms with Crippen LogP contribution in [0.4, 0.5) is 18.9 Å². The maximum Gasteiger partial charge on any atom is 0.416 e. The van der Waals surface area contributed by atoms with E-state index in [1.807, 2.05) is 0 Å². The summed E-state index contributed by atoms with van der Waals surface area (Å²) in [6, 6.07) is 3.82. The summed E-state index contributed by atoms with van der Waals surface area (Å²) in [4.78, 5) is 28.2. The van der Waals surface area contributed by atoms with Crippen LogP contribution in [0.3, 0.4) is 0 Å². The maximum absolute atomic E-state index is 12.9. The quantitative estimate of drug-likeness (QED) is 0.775. The number of nitrogens with zero attached hydrogens (tertiary/aromatic N) is 4. The standard InChI is InChI=1S/C18H18ClF3N4O2/c1-24(2)16(27)13-7-4-8-25(13)14-10-23-26(17(28)15(14)19)12-6-3-5-11(9-12)18(20,21)22/h3,5-6,9-10,13H,4,7-8H2,1-2H3. The van der Waals surface area contributed by atoms with E-state index in [1.165, 1.54) is 23.2 Å². The zero-order valence-corrected chi connectivity index (χ0v) is 16.0. The molecule has 3 rings (SSSR count). The minimum Gasteiger partial charge on any atom is -0.357 e. The fraction of sp³-hybridized carbons (Fsp3) is 0.389. The number of hydrogen-bond donors (Lipinski definition) is 0. The summed E-state index contributed by atoms with van der Waals surface area (Å²) in [7, 11) is 3.29. The molecular weight excluding hydrogens is 397 g/mol. The largest absolute Gasteiger partial charge is 0.416 e. The summed E-state index contributed by atoms with van der Waals surface area (Å²) in [5.74, 6) is -0.115. The SMILES string of the molecule is CN(C)C(=O)C1CCCN1c1cnn(-c2cccc(C(F)(F)F)c2)c(=O)c1Cl. The lowest BCUT2D eigenvalue weighted by Gasteiger charge is -2.28. The van der Waals surface area contributed by atoms with Crippen LogP contribution in [0.1, 0.15) is 18.4 Å². The number of carbonyl (C=O) groups excluding carboxylic acids is 1. The Kier molecular flexibility index (Phi) is 5.38. The van der Waals surface area contributed by atoms with Crippen LogP contribution in [-0.4, -0.2) is 47.3 Å². The molecule has 0 aliphatic carbocycles. The Morgan fingerprint density at radius 3 is 2.68 bits per heavy atom. The molecule has 1 saturated heterocycles. The molecule has 0 bridgehead atoms. The second kappa shape index (κ2) is 7.46. The number of rotatable bonds is 3. The topological polar surface area (TPSA) is 58.4 Å². The molecule has 1 fully saturated rings. The first kappa shape index (κ1) is 20.2. The van der Waals surface area contributed by atoms with Gasteiger partial charge in [0.25, 0.3) is 5.56 Å². The monoisotopic (exact) mass is 414 g/mol. The van der Waals surface area contributed by atoms with E-state index in [1.54, 1.807) is 19.0 Å². The fourth-order valence-electron chi connectivity index (χ4n) is 3.23. The summed E-state index contributed by atoms with van der Waals surface area (Å²) in [5, 5.41) is 3.81. The minimum absolute atomic E-state index is 0.0457. The molecule has 0 N–H and O–H groups in total. The normalized spacial score (nSPS) is 17.1. The Labute approximate surface area is 164 Å². The molecule has 0 radical (unpaired) electrons. The molecule has 2 heterocycles. The van der Waals surface area contributed by atoms with Crippen LogP contribution in [0.2, 0.25) is 5.02 Å². The lowest BCUT2D eigenvalue weighted by Crippen LogP contribution is -2.43. The van der Waals surface area contributed by atoms with Crippen LogP contribution in [-0.2, 0) is 11.0 Å². The molecule has 0 saturated carbocycles. The minimum atomic E-state index is -4.54. The number of alkyl halides is 3. The third kappa shape index (κ3) is 3.71. The predicted molar refractivity (Wildman–Crippen MR) is 98.9 cm³/mol. The highest BCUT2D eigenvalue weighted by Crippen LogP contribution is 2.32. The van der Waals surface area contributed by atoms with Crippen molar-refractivity contribution in [2.24, 2.45) is 0 Å². The van der Waals surface area contributed by atoms with Gasteiger partial charge in [-0.15, -0.1) is 0 Å². The van der Waals surface area contributed by atoms with Gasteiger partial charge in [0.1, 0.15) is 11.1 Å². The molecule has 1 unspecified atom stereocenters. The van der Waals surface area contributed by atoms with Crippen molar-refractivity contribution in [3.8, 4) is 5.69 Å². The van der Waals surface area contributed by atoms with Gasteiger partial charge in [0.2, 0.25) is 5.91 Å². The molecule has 1 aliphatic rings. The molecule has 10 heteroatoms. The average molecular weight is 415 g/mol. The average Bonchev–Trinajstić information content (AvgIpc) is 3.12. The van der Waals surface area contributed by atoms with Gasteiger partial charge >= 0.3 is 6.18 Å². The first-order valence-electron chi connectivity index (χ1n) is 8.54. The van der Waals surface area contributed by atoms with E-state index in [2.05, 4.69) is 5.10 Å². The van der Waals surface area contributed by atoms with Crippen LogP contribution in [0.5, 0.6) is 0 Å². The van der Waals surface area contributed by atoms with Crippen molar-refractivity contribution in [3.63, 3.8) is 0 Å². The van der Waals surface area contributed by atoms with Crippen LogP contribution in [0, 0.1) is 0 Å². The number of carbonyl (C=O) groups is 1. The number of amides is 1. The number of benzene rings is 1. The van der Waals surface area contributed by atoms with Gasteiger partial charge in [-0.05, 0) is 31.0 Å². The number of likely N-dealkylation sites (N-methyl/N-ethyl adjacent to an activating group) is 1. The van der Waals surface area contributed by atoms with Crippen molar-refractivity contribution in [1.82, 2.24) is 14.7 Å². The second-order valence-electron chi connectivity index (χ2n) is 6.69. The summed E-state index contributed by atoms with van der Waals surface area (Å²) >= 11 is 6.25. The van der Waals surface area contributed by atoms with Crippen LogP contribution < -0.4 is 10.5 Å². The Balaban J connectivity index is 2.01. The third-order valence-corrected chi connectivity index (χ3v) is 4.96. The molecule has 28 heavy (non-hydrogen) atoms. The zero-order valence-electron chi connectivity index (χ0n) is 15.2. The van der Waals surface area contributed by atoms with Gasteiger partial charge < -0.3 is 9.80 Å². The first-order chi connectivity index (χ1) is 13.1. The highest BCUT2D eigenvalue weighted by atomic mass is 35.5. The Hall–Kier alpha value is -2.55. The molecule has 1 aliphatic heterocycles. The number of aromatic nitrogens is 2. The van der Waals surface area contributed by atoms with E-state index in [9.17, 15) is 22.8 Å². The predicted octanol–water partition coefficient (Wildman–Crippen LogP) is 2.96. The van der Waals surface area contributed by atoms with Gasteiger partial charge in [-0.3, -0.25) is 9.59 Å². The number of anilines is 1. The Morgan fingerprint density at radius 1 is 1.32 bits per heavy atom. The molecule has 6 nitrogen and oxygen atoms in total. The number of hydrogen-bond acceptors (Lipinski definition) is 4. The highest BCUT2D eigenvalue weighted by molar-refractivity contribution is 6.33. The molecule has 0 spiro atoms. The van der Waals surface area contributed by atoms with Crippen molar-refractivity contribution in [2.75, 3.05) is 25.5 Å². The molecule has 150 valence electrons. The van der Waals surface area contributed by atoms with Crippen LogP contribution in [0.25, 0.3) is 5.69 Å². The summed E-state index contributed by atoms with van der Waals surface area (Å²) in [6.45, 7) is 0.526. The van der Waals surface area contributed by atoms with Crippen LogP contribution >= 0.6 is 11.6 Å². The van der Waals surface area contributed by atoms with Gasteiger partial charge in [-0.2, -0.15) is 23.0 Å². The van der Waals surface area contributed by atoms with E-state index in [4.69, 9.17) is 11.6 Å². The highest BCUT2D eigenvalue weighted by Gasteiger charge is 2.34. The fourth-order valence-corrected chi connectivity index (χ4v) is 3.47. The van der Waals surface area contributed by atoms with Crippen molar-refractivity contribution in [2.45, 2.75) is 25.1 Å². The van der Waals surface area contributed by atoms with Gasteiger partial charge in [-0.25, -0.2) is 0 Å². The van der Waals surface area contributed by atoms with Gasteiger partial charge in [0.15, 0.2) is 0 Å². The Bertz CT molecular complexity index is 959. The van der Waals surface area contributed by atoms with Crippen molar-refractivity contribution in [1.29, 1.82) is 0 Å². The molecule has 1 atom stereocenters. The van der Waals surface area contributed by atoms with Gasteiger partial charge in [-0.1, -0.05) is 17.7 Å². The smallest absolute Gasteiger partial charge is 0.357 e. The van der Waals surface area contributed by atoms with E-state index in [-0.39, 0.29) is 16.6 Å². The van der Waals surface area contributed by atoms with Crippen LogP contribution in [0.15, 0.2) is 35.3 Å². The van der Waals surface area contributed by atoms with Gasteiger partial charge in [0, 0.05) is 20.6 Å². The lowest BCUT2D eigenvalue weighted by atomic mass is 10.2. The van der Waals surface area contributed by atoms with E-state index in [0.717, 1.165) is 23.2 Å². The van der Waals surface area contributed by atoms with E-state index >= 15 is 0 Å². The zero-order chi connectivity index (χ0) is 20.6. The van der Waals surface area contributed by atoms with Crippen molar-refractivity contribution >= 4 is 23.2 Å². The molecule has 1 aromatic heterocycles. The number of halogens is 4. The summed E-state index contributed by atoms with van der Waals surface area (Å²) in [6.07, 6.45) is -1.87. The molecule has 1 amide bonds. The van der Waals surface area contributed by atoms with E-state index in [0.29, 0.717) is 18.7 Å². The molecule has 1 aromatic carbocycles.